The van der Waals surface area contributed by atoms with Gasteiger partial charge in [0.2, 0.25) is 0 Å². The van der Waals surface area contributed by atoms with Gasteiger partial charge >= 0.3 is 0 Å². The molecule has 24 heavy (non-hydrogen) atoms. The van der Waals surface area contributed by atoms with Crippen LogP contribution in [0.1, 0.15) is 97.3 Å². The van der Waals surface area contributed by atoms with Gasteiger partial charge in [-0.25, -0.2) is 0 Å². The molecule has 0 unspecified atom stereocenters. The largest absolute Gasteiger partial charge is 0.388 e. The minimum atomic E-state index is -0.775. The second-order valence-electron chi connectivity index (χ2n) is 7.28. The number of rotatable bonds is 14. The lowest BCUT2D eigenvalue weighted by atomic mass is 10.0. The van der Waals surface area contributed by atoms with Crippen molar-refractivity contribution in [3.05, 3.63) is 12.2 Å². The molecule has 0 aromatic rings. The Bertz CT molecular complexity index is 316. The smallest absolute Gasteiger partial charge is 0.112 e. The van der Waals surface area contributed by atoms with E-state index in [1.165, 1.54) is 70.6 Å². The van der Waals surface area contributed by atoms with Crippen molar-refractivity contribution in [1.82, 2.24) is 0 Å². The molecule has 0 bridgehead atoms. The predicted octanol–water partition coefficient (Wildman–Crippen LogP) is 5.14. The first-order chi connectivity index (χ1) is 11.7. The summed E-state index contributed by atoms with van der Waals surface area (Å²) in [4.78, 5) is 0. The lowest BCUT2D eigenvalue weighted by molar-refractivity contribution is 0.0194. The van der Waals surface area contributed by atoms with Gasteiger partial charge in [-0.2, -0.15) is 0 Å². The molecule has 0 amide bonds. The van der Waals surface area contributed by atoms with Crippen molar-refractivity contribution >= 4 is 0 Å². The maximum atomic E-state index is 9.92. The summed E-state index contributed by atoms with van der Waals surface area (Å²) in [5, 5.41) is 19.7. The molecule has 1 heterocycles. The Morgan fingerprint density at radius 1 is 0.750 bits per heavy atom. The minimum Gasteiger partial charge on any atom is -0.388 e. The second-order valence-corrected chi connectivity index (χ2v) is 7.28. The van der Waals surface area contributed by atoms with E-state index in [9.17, 15) is 10.2 Å². The molecule has 3 nitrogen and oxygen atoms in total. The molecule has 0 saturated carbocycles. The highest BCUT2D eigenvalue weighted by molar-refractivity contribution is 5.01. The van der Waals surface area contributed by atoms with Crippen LogP contribution >= 0.6 is 0 Å². The van der Waals surface area contributed by atoms with Crippen LogP contribution in [0.3, 0.4) is 0 Å². The third-order valence-electron chi connectivity index (χ3n) is 5.10. The zero-order valence-electron chi connectivity index (χ0n) is 16.0. The Morgan fingerprint density at radius 2 is 1.29 bits per heavy atom. The van der Waals surface area contributed by atoms with Gasteiger partial charge in [-0.05, 0) is 19.3 Å². The van der Waals surface area contributed by atoms with Crippen molar-refractivity contribution in [2.75, 3.05) is 0 Å². The third kappa shape index (κ3) is 8.64. The fourth-order valence-corrected chi connectivity index (χ4v) is 3.43. The molecule has 142 valence electrons. The number of aliphatic hydroxyl groups is 2. The van der Waals surface area contributed by atoms with E-state index in [4.69, 9.17) is 4.74 Å². The molecule has 0 radical (unpaired) electrons. The Hall–Kier alpha value is -0.380. The van der Waals surface area contributed by atoms with Crippen LogP contribution in [0, 0.1) is 0 Å². The summed E-state index contributed by atoms with van der Waals surface area (Å²) in [6.45, 7) is 4.24. The maximum absolute atomic E-state index is 9.92. The van der Waals surface area contributed by atoms with E-state index < -0.39 is 12.2 Å². The molecule has 2 N–H and O–H groups in total. The number of allylic oxidation sites excluding steroid dienone is 1. The van der Waals surface area contributed by atoms with Crippen molar-refractivity contribution < 1.29 is 14.9 Å². The van der Waals surface area contributed by atoms with Crippen LogP contribution in [0.25, 0.3) is 0 Å². The Balaban J connectivity index is 1.92. The third-order valence-corrected chi connectivity index (χ3v) is 5.10. The maximum Gasteiger partial charge on any atom is 0.112 e. The van der Waals surface area contributed by atoms with Gasteiger partial charge in [0.25, 0.3) is 0 Å². The summed E-state index contributed by atoms with van der Waals surface area (Å²) < 4.78 is 5.66. The van der Waals surface area contributed by atoms with Crippen LogP contribution in [-0.4, -0.2) is 34.6 Å². The molecule has 1 saturated heterocycles. The second kappa shape index (κ2) is 13.9. The first-order valence-corrected chi connectivity index (χ1v) is 10.4. The van der Waals surface area contributed by atoms with Crippen LogP contribution in [0.2, 0.25) is 0 Å². The van der Waals surface area contributed by atoms with Crippen molar-refractivity contribution in [1.29, 1.82) is 0 Å². The van der Waals surface area contributed by atoms with Gasteiger partial charge in [0.15, 0.2) is 0 Å². The first-order valence-electron chi connectivity index (χ1n) is 10.4. The quantitative estimate of drug-likeness (QED) is 0.340. The van der Waals surface area contributed by atoms with E-state index in [1.54, 1.807) is 0 Å². The molecular weight excluding hydrogens is 300 g/mol. The molecule has 3 heteroatoms. The highest BCUT2D eigenvalue weighted by atomic mass is 16.5. The predicted molar refractivity (Wildman–Crippen MR) is 101 cm³/mol. The van der Waals surface area contributed by atoms with Gasteiger partial charge in [-0.1, -0.05) is 90.2 Å². The molecule has 0 aromatic carbocycles. The number of aliphatic hydroxyl groups excluding tert-OH is 2. The van der Waals surface area contributed by atoms with E-state index in [1.807, 2.05) is 13.0 Å². The van der Waals surface area contributed by atoms with Gasteiger partial charge in [-0.3, -0.25) is 0 Å². The van der Waals surface area contributed by atoms with Crippen molar-refractivity contribution in [2.45, 2.75) is 122 Å². The normalized spacial score (nSPS) is 27.3. The molecule has 4 atom stereocenters. The fraction of sp³-hybridized carbons (Fsp3) is 0.905. The summed E-state index contributed by atoms with van der Waals surface area (Å²) >= 11 is 0. The van der Waals surface area contributed by atoms with E-state index in [2.05, 4.69) is 13.0 Å². The van der Waals surface area contributed by atoms with E-state index in [0.29, 0.717) is 0 Å². The van der Waals surface area contributed by atoms with Crippen molar-refractivity contribution in [2.24, 2.45) is 0 Å². The topological polar surface area (TPSA) is 49.7 Å². The SMILES string of the molecule is CCCCCCCCCCCCC/C=C/[C@H]1O[C@@H](CC)[C@H](O)[C@@H]1O. The zero-order valence-corrected chi connectivity index (χ0v) is 16.0. The van der Waals surface area contributed by atoms with Gasteiger partial charge in [0.1, 0.15) is 18.3 Å². The summed E-state index contributed by atoms with van der Waals surface area (Å²) in [7, 11) is 0. The van der Waals surface area contributed by atoms with E-state index >= 15 is 0 Å². The summed E-state index contributed by atoms with van der Waals surface area (Å²) in [6.07, 6.45) is 18.7. The number of hydrogen-bond acceptors (Lipinski definition) is 3. The highest BCUT2D eigenvalue weighted by Crippen LogP contribution is 2.24. The first kappa shape index (κ1) is 21.7. The van der Waals surface area contributed by atoms with Crippen molar-refractivity contribution in [3.63, 3.8) is 0 Å². The Morgan fingerprint density at radius 3 is 1.79 bits per heavy atom. The number of unbranched alkanes of at least 4 members (excludes halogenated alkanes) is 11. The standard InChI is InChI=1S/C21H40O3/c1-3-5-6-7-8-9-10-11-12-13-14-15-16-17-19-21(23)20(22)18(4-2)24-19/h16-23H,3-15H2,1-2H3/b17-16+/t18-,19+,20-,21+/m0/s1. The molecule has 1 rings (SSSR count). The fourth-order valence-electron chi connectivity index (χ4n) is 3.43. The average molecular weight is 341 g/mol. The van der Waals surface area contributed by atoms with Gasteiger partial charge < -0.3 is 14.9 Å². The van der Waals surface area contributed by atoms with Gasteiger partial charge in [0.05, 0.1) is 6.10 Å². The lowest BCUT2D eigenvalue weighted by Gasteiger charge is -2.10. The molecular formula is C21H40O3. The Kier molecular flexibility index (Phi) is 12.5. The molecule has 1 aliphatic heterocycles. The highest BCUT2D eigenvalue weighted by Gasteiger charge is 2.39. The zero-order chi connectivity index (χ0) is 17.6. The van der Waals surface area contributed by atoms with Gasteiger partial charge in [0, 0.05) is 0 Å². The van der Waals surface area contributed by atoms with Crippen LogP contribution in [0.4, 0.5) is 0 Å². The van der Waals surface area contributed by atoms with Gasteiger partial charge in [-0.15, -0.1) is 0 Å². The molecule has 1 aliphatic rings. The summed E-state index contributed by atoms with van der Waals surface area (Å²) in [5.74, 6) is 0. The lowest BCUT2D eigenvalue weighted by Crippen LogP contribution is -2.31. The van der Waals surface area contributed by atoms with E-state index in [-0.39, 0.29) is 12.2 Å². The summed E-state index contributed by atoms with van der Waals surface area (Å²) in [5.41, 5.74) is 0. The van der Waals surface area contributed by atoms with Crippen LogP contribution < -0.4 is 0 Å². The van der Waals surface area contributed by atoms with Crippen LogP contribution in [-0.2, 0) is 4.74 Å². The average Bonchev–Trinajstić information content (AvgIpc) is 2.86. The Labute approximate surface area is 149 Å². The van der Waals surface area contributed by atoms with Crippen LogP contribution in [0.15, 0.2) is 12.2 Å². The molecule has 0 aromatic heterocycles. The van der Waals surface area contributed by atoms with Crippen LogP contribution in [0.5, 0.6) is 0 Å². The summed E-state index contributed by atoms with van der Waals surface area (Å²) in [6, 6.07) is 0. The number of hydrogen-bond donors (Lipinski definition) is 2. The monoisotopic (exact) mass is 340 g/mol. The van der Waals surface area contributed by atoms with E-state index in [0.717, 1.165) is 12.8 Å². The van der Waals surface area contributed by atoms with Crippen molar-refractivity contribution in [3.8, 4) is 0 Å². The minimum absolute atomic E-state index is 0.225. The molecule has 0 aliphatic carbocycles. The molecule has 1 fully saturated rings. The number of ether oxygens (including phenoxy) is 1. The molecule has 0 spiro atoms.